The first-order chi connectivity index (χ1) is 12.5. The molecule has 4 saturated carbocycles. The number of aromatic hydroxyl groups is 4. The number of hydrogen-bond donors (Lipinski definition) is 4. The van der Waals surface area contributed by atoms with Gasteiger partial charge in [-0.2, -0.15) is 0 Å². The second kappa shape index (κ2) is 5.32. The molecule has 0 aliphatic heterocycles. The summed E-state index contributed by atoms with van der Waals surface area (Å²) >= 11 is 0. The van der Waals surface area contributed by atoms with E-state index < -0.39 is 5.41 Å². The molecule has 4 N–H and O–H groups in total. The Bertz CT molecular complexity index is 791. The van der Waals surface area contributed by atoms with E-state index in [1.807, 2.05) is 12.1 Å². The Morgan fingerprint density at radius 1 is 0.615 bits per heavy atom. The quantitative estimate of drug-likeness (QED) is 0.609. The topological polar surface area (TPSA) is 80.9 Å². The summed E-state index contributed by atoms with van der Waals surface area (Å²) in [6.07, 6.45) is 5.56. The molecule has 0 spiro atoms. The molecule has 0 saturated heterocycles. The number of benzene rings is 2. The fraction of sp³-hybridized carbons (Fsp3) is 0.455. The number of phenols is 4. The van der Waals surface area contributed by atoms with Crippen LogP contribution in [0.5, 0.6) is 23.0 Å². The van der Waals surface area contributed by atoms with Gasteiger partial charge in [-0.25, -0.2) is 0 Å². The van der Waals surface area contributed by atoms with Crippen molar-refractivity contribution in [2.75, 3.05) is 0 Å². The zero-order valence-corrected chi connectivity index (χ0v) is 14.6. The lowest BCUT2D eigenvalue weighted by Gasteiger charge is -2.62. The molecular weight excluding hydrogens is 328 g/mol. The summed E-state index contributed by atoms with van der Waals surface area (Å²) in [5, 5.41) is 41.9. The normalized spacial score (nSPS) is 31.2. The van der Waals surface area contributed by atoms with Gasteiger partial charge in [-0.1, -0.05) is 24.3 Å². The molecule has 4 nitrogen and oxygen atoms in total. The van der Waals surface area contributed by atoms with Crippen molar-refractivity contribution in [1.82, 2.24) is 0 Å². The monoisotopic (exact) mass is 352 g/mol. The molecule has 0 heterocycles. The molecular formula is C22H24O4. The van der Waals surface area contributed by atoms with E-state index in [-0.39, 0.29) is 23.0 Å². The lowest BCUT2D eigenvalue weighted by molar-refractivity contribution is -0.0435. The molecule has 136 valence electrons. The number of hydrogen-bond acceptors (Lipinski definition) is 4. The van der Waals surface area contributed by atoms with Gasteiger partial charge in [0.05, 0.1) is 0 Å². The van der Waals surface area contributed by atoms with Gasteiger partial charge in [-0.3, -0.25) is 0 Å². The molecule has 4 aliphatic rings. The van der Waals surface area contributed by atoms with E-state index in [1.54, 1.807) is 12.1 Å². The van der Waals surface area contributed by atoms with Crippen molar-refractivity contribution >= 4 is 0 Å². The molecule has 2 aromatic carbocycles. The largest absolute Gasteiger partial charge is 0.504 e. The molecule has 4 bridgehead atoms. The predicted molar refractivity (Wildman–Crippen MR) is 97.4 cm³/mol. The molecule has 0 atom stereocenters. The summed E-state index contributed by atoms with van der Waals surface area (Å²) in [4.78, 5) is 0. The van der Waals surface area contributed by atoms with E-state index in [0.29, 0.717) is 34.8 Å². The van der Waals surface area contributed by atoms with E-state index in [4.69, 9.17) is 0 Å². The second-order valence-corrected chi connectivity index (χ2v) is 8.52. The third kappa shape index (κ3) is 1.90. The summed E-state index contributed by atoms with van der Waals surface area (Å²) in [6, 6.07) is 10.3. The highest BCUT2D eigenvalue weighted by atomic mass is 16.3. The van der Waals surface area contributed by atoms with Crippen LogP contribution in [0.15, 0.2) is 36.4 Å². The number of para-hydroxylation sites is 2. The summed E-state index contributed by atoms with van der Waals surface area (Å²) < 4.78 is 0. The van der Waals surface area contributed by atoms with E-state index in [0.717, 1.165) is 25.7 Å². The van der Waals surface area contributed by atoms with Gasteiger partial charge in [0.1, 0.15) is 0 Å². The Morgan fingerprint density at radius 2 is 1.04 bits per heavy atom. The average molecular weight is 352 g/mol. The highest BCUT2D eigenvalue weighted by Gasteiger charge is 2.60. The van der Waals surface area contributed by atoms with Crippen LogP contribution in [0.1, 0.15) is 43.2 Å². The Morgan fingerprint density at radius 3 is 1.46 bits per heavy atom. The Balaban J connectivity index is 1.82. The SMILES string of the molecule is Oc1cccc(C2(c3cccc(O)c3O)C3CC4CC(C3)CC2C4)c1O. The van der Waals surface area contributed by atoms with Crippen LogP contribution in [-0.2, 0) is 5.41 Å². The molecule has 0 radical (unpaired) electrons. The van der Waals surface area contributed by atoms with Crippen molar-refractivity contribution in [1.29, 1.82) is 0 Å². The van der Waals surface area contributed by atoms with Crippen molar-refractivity contribution in [2.45, 2.75) is 37.5 Å². The summed E-state index contributed by atoms with van der Waals surface area (Å²) in [7, 11) is 0. The molecule has 4 heteroatoms. The van der Waals surface area contributed by atoms with Gasteiger partial charge in [-0.15, -0.1) is 0 Å². The van der Waals surface area contributed by atoms with Gasteiger partial charge in [-0.05, 0) is 67.9 Å². The first-order valence-electron chi connectivity index (χ1n) is 9.54. The van der Waals surface area contributed by atoms with Gasteiger partial charge in [0.15, 0.2) is 23.0 Å². The van der Waals surface area contributed by atoms with E-state index >= 15 is 0 Å². The summed E-state index contributed by atoms with van der Waals surface area (Å²) in [6.45, 7) is 0. The van der Waals surface area contributed by atoms with Gasteiger partial charge in [0.25, 0.3) is 0 Å². The first kappa shape index (κ1) is 15.9. The van der Waals surface area contributed by atoms with Gasteiger partial charge >= 0.3 is 0 Å². The lowest BCUT2D eigenvalue weighted by Crippen LogP contribution is -2.56. The van der Waals surface area contributed by atoms with Crippen LogP contribution in [0.2, 0.25) is 0 Å². The van der Waals surface area contributed by atoms with Gasteiger partial charge < -0.3 is 20.4 Å². The van der Waals surface area contributed by atoms with Crippen LogP contribution < -0.4 is 0 Å². The van der Waals surface area contributed by atoms with E-state index in [9.17, 15) is 20.4 Å². The summed E-state index contributed by atoms with van der Waals surface area (Å²) in [5.74, 6) is 1.56. The summed E-state index contributed by atoms with van der Waals surface area (Å²) in [5.41, 5.74) is 0.804. The Kier molecular flexibility index (Phi) is 3.25. The standard InChI is InChI=1S/C22H24O4/c23-18-5-1-3-16(20(18)25)22(17-4-2-6-19(24)21(17)26)14-8-12-7-13(10-14)11-15(22)9-12/h1-6,12-15,23-26H,7-11H2. The molecule has 0 unspecified atom stereocenters. The van der Waals surface area contributed by atoms with Crippen LogP contribution in [-0.4, -0.2) is 20.4 Å². The third-order valence-electron chi connectivity index (χ3n) is 7.35. The maximum absolute atomic E-state index is 10.8. The van der Waals surface area contributed by atoms with Crippen molar-refractivity contribution in [3.8, 4) is 23.0 Å². The maximum Gasteiger partial charge on any atom is 0.161 e. The van der Waals surface area contributed by atoms with Crippen LogP contribution in [0, 0.1) is 23.7 Å². The zero-order valence-electron chi connectivity index (χ0n) is 14.6. The molecule has 4 aliphatic carbocycles. The minimum absolute atomic E-state index is 0.0947. The number of phenolic OH excluding ortho intramolecular Hbond substituents is 4. The fourth-order valence-electron chi connectivity index (χ4n) is 6.68. The van der Waals surface area contributed by atoms with Crippen molar-refractivity contribution in [3.05, 3.63) is 47.5 Å². The minimum Gasteiger partial charge on any atom is -0.504 e. The molecule has 26 heavy (non-hydrogen) atoms. The van der Waals surface area contributed by atoms with Crippen LogP contribution in [0.25, 0.3) is 0 Å². The predicted octanol–water partition coefficient (Wildman–Crippen LogP) is 4.25. The fourth-order valence-corrected chi connectivity index (χ4v) is 6.68. The molecule has 0 aromatic heterocycles. The highest BCUT2D eigenvalue weighted by molar-refractivity contribution is 5.59. The van der Waals surface area contributed by atoms with Crippen LogP contribution in [0.3, 0.4) is 0 Å². The van der Waals surface area contributed by atoms with Gasteiger partial charge in [0, 0.05) is 16.5 Å². The Labute approximate surface area is 152 Å². The smallest absolute Gasteiger partial charge is 0.161 e. The minimum atomic E-state index is -0.570. The van der Waals surface area contributed by atoms with Gasteiger partial charge in [0.2, 0.25) is 0 Å². The second-order valence-electron chi connectivity index (χ2n) is 8.52. The molecule has 6 rings (SSSR count). The number of rotatable bonds is 2. The third-order valence-corrected chi connectivity index (χ3v) is 7.35. The van der Waals surface area contributed by atoms with Crippen molar-refractivity contribution < 1.29 is 20.4 Å². The maximum atomic E-state index is 10.8. The van der Waals surface area contributed by atoms with Crippen molar-refractivity contribution in [3.63, 3.8) is 0 Å². The molecule has 0 amide bonds. The highest BCUT2D eigenvalue weighted by Crippen LogP contribution is 2.67. The average Bonchev–Trinajstić information content (AvgIpc) is 2.61. The molecule has 4 fully saturated rings. The lowest BCUT2D eigenvalue weighted by atomic mass is 9.42. The molecule has 2 aromatic rings. The Hall–Kier alpha value is -2.36. The zero-order chi connectivity index (χ0) is 18.1. The van der Waals surface area contributed by atoms with Crippen molar-refractivity contribution in [2.24, 2.45) is 23.7 Å². The van der Waals surface area contributed by atoms with E-state index in [2.05, 4.69) is 0 Å². The van der Waals surface area contributed by atoms with Crippen LogP contribution in [0.4, 0.5) is 0 Å². The van der Waals surface area contributed by atoms with E-state index in [1.165, 1.54) is 18.6 Å². The first-order valence-corrected chi connectivity index (χ1v) is 9.54. The van der Waals surface area contributed by atoms with Crippen LogP contribution >= 0.6 is 0 Å².